The van der Waals surface area contributed by atoms with E-state index in [0.29, 0.717) is 0 Å². The number of hydrogen-bond acceptors (Lipinski definition) is 5. The van der Waals surface area contributed by atoms with Crippen LogP contribution in [0.4, 0.5) is 16.2 Å². The molecule has 0 unspecified atom stereocenters. The van der Waals surface area contributed by atoms with Gasteiger partial charge in [0, 0.05) is 83.2 Å². The van der Waals surface area contributed by atoms with Crippen LogP contribution in [0.3, 0.4) is 0 Å². The molecule has 0 bridgehead atoms. The van der Waals surface area contributed by atoms with Gasteiger partial charge in [-0.1, -0.05) is 13.0 Å². The summed E-state index contributed by atoms with van der Waals surface area (Å²) in [5.74, 6) is 1.06. The monoisotopic (exact) mass is 411 g/mol. The molecule has 2 saturated heterocycles. The number of carbonyl (C=O) groups is 1. The average molecular weight is 412 g/mol. The summed E-state index contributed by atoms with van der Waals surface area (Å²) in [6, 6.07) is 8.22. The highest BCUT2D eigenvalue weighted by Crippen LogP contribution is 2.21. The van der Waals surface area contributed by atoms with E-state index in [1.807, 2.05) is 41.0 Å². The Morgan fingerprint density at radius 3 is 2.43 bits per heavy atom. The number of amides is 2. The van der Waals surface area contributed by atoms with Crippen molar-refractivity contribution in [3.8, 4) is 0 Å². The zero-order valence-corrected chi connectivity index (χ0v) is 18.1. The minimum atomic E-state index is -0.0143. The van der Waals surface area contributed by atoms with E-state index in [4.69, 9.17) is 0 Å². The van der Waals surface area contributed by atoms with E-state index >= 15 is 0 Å². The lowest BCUT2D eigenvalue weighted by molar-refractivity contribution is 0.140. The van der Waals surface area contributed by atoms with Gasteiger partial charge in [0.25, 0.3) is 0 Å². The standard InChI is InChI=1S/C22H33N7O/c1-3-26-9-13-28(14-10-26)20-6-4-5-19(17-20)24-22(30)29-15-11-27(12-16-29)18-21-23-7-8-25(21)2/h4-8,17H,3,9-16,18H2,1-2H3,(H,24,30). The molecule has 162 valence electrons. The second kappa shape index (κ2) is 9.49. The van der Waals surface area contributed by atoms with Crippen molar-refractivity contribution >= 4 is 17.4 Å². The van der Waals surface area contributed by atoms with E-state index in [1.165, 1.54) is 5.69 Å². The number of rotatable bonds is 5. The maximum absolute atomic E-state index is 12.8. The fourth-order valence-corrected chi connectivity index (χ4v) is 4.16. The molecule has 0 radical (unpaired) electrons. The number of piperazine rings is 2. The molecule has 1 aromatic carbocycles. The van der Waals surface area contributed by atoms with Crippen molar-refractivity contribution < 1.29 is 4.79 Å². The van der Waals surface area contributed by atoms with E-state index in [-0.39, 0.29) is 6.03 Å². The first kappa shape index (κ1) is 20.7. The molecule has 2 aromatic rings. The van der Waals surface area contributed by atoms with E-state index < -0.39 is 0 Å². The van der Waals surface area contributed by atoms with Crippen molar-refractivity contribution in [1.82, 2.24) is 24.3 Å². The molecule has 2 fully saturated rings. The molecule has 1 aromatic heterocycles. The van der Waals surface area contributed by atoms with Crippen LogP contribution in [0, 0.1) is 0 Å². The van der Waals surface area contributed by atoms with Crippen LogP contribution in [0.2, 0.25) is 0 Å². The highest BCUT2D eigenvalue weighted by molar-refractivity contribution is 5.90. The summed E-state index contributed by atoms with van der Waals surface area (Å²) in [5.41, 5.74) is 2.05. The highest BCUT2D eigenvalue weighted by atomic mass is 16.2. The Morgan fingerprint density at radius 1 is 1.03 bits per heavy atom. The first-order chi connectivity index (χ1) is 14.6. The lowest BCUT2D eigenvalue weighted by Gasteiger charge is -2.36. The van der Waals surface area contributed by atoms with Crippen LogP contribution in [0.15, 0.2) is 36.7 Å². The topological polar surface area (TPSA) is 59.9 Å². The molecule has 30 heavy (non-hydrogen) atoms. The van der Waals surface area contributed by atoms with Gasteiger partial charge >= 0.3 is 6.03 Å². The quantitative estimate of drug-likeness (QED) is 0.815. The number of hydrogen-bond donors (Lipinski definition) is 1. The normalized spacial score (nSPS) is 18.6. The van der Waals surface area contributed by atoms with Crippen molar-refractivity contribution in [3.05, 3.63) is 42.5 Å². The van der Waals surface area contributed by atoms with Crippen LogP contribution in [0.5, 0.6) is 0 Å². The number of benzene rings is 1. The van der Waals surface area contributed by atoms with Gasteiger partial charge in [-0.05, 0) is 24.7 Å². The van der Waals surface area contributed by atoms with Gasteiger partial charge in [-0.25, -0.2) is 9.78 Å². The van der Waals surface area contributed by atoms with Crippen molar-refractivity contribution in [2.75, 3.05) is 69.1 Å². The van der Waals surface area contributed by atoms with E-state index in [0.717, 1.165) is 77.0 Å². The molecule has 2 aliphatic rings. The molecule has 1 N–H and O–H groups in total. The van der Waals surface area contributed by atoms with Gasteiger partial charge in [-0.2, -0.15) is 0 Å². The van der Waals surface area contributed by atoms with Gasteiger partial charge < -0.3 is 24.6 Å². The maximum Gasteiger partial charge on any atom is 0.321 e. The SMILES string of the molecule is CCN1CCN(c2cccc(NC(=O)N3CCN(Cc4nccn4C)CC3)c2)CC1. The van der Waals surface area contributed by atoms with Crippen LogP contribution >= 0.6 is 0 Å². The van der Waals surface area contributed by atoms with Gasteiger partial charge in [0.1, 0.15) is 5.82 Å². The molecule has 8 nitrogen and oxygen atoms in total. The smallest absolute Gasteiger partial charge is 0.321 e. The summed E-state index contributed by atoms with van der Waals surface area (Å²) in [6.45, 7) is 11.6. The van der Waals surface area contributed by atoms with Crippen LogP contribution < -0.4 is 10.2 Å². The Bertz CT molecular complexity index is 836. The van der Waals surface area contributed by atoms with Gasteiger partial charge in [0.15, 0.2) is 0 Å². The molecule has 2 amide bonds. The Morgan fingerprint density at radius 2 is 1.77 bits per heavy atom. The predicted octanol–water partition coefficient (Wildman–Crippen LogP) is 1.91. The number of aryl methyl sites for hydroxylation is 1. The molecule has 0 spiro atoms. The van der Waals surface area contributed by atoms with Gasteiger partial charge in [0.2, 0.25) is 0 Å². The van der Waals surface area contributed by atoms with Crippen LogP contribution in [-0.2, 0) is 13.6 Å². The Balaban J connectivity index is 1.28. The van der Waals surface area contributed by atoms with Crippen molar-refractivity contribution in [3.63, 3.8) is 0 Å². The molecule has 3 heterocycles. The lowest BCUT2D eigenvalue weighted by atomic mass is 10.2. The third kappa shape index (κ3) is 4.94. The number of urea groups is 1. The Hall–Kier alpha value is -2.58. The van der Waals surface area contributed by atoms with Gasteiger partial charge in [-0.3, -0.25) is 4.90 Å². The number of carbonyl (C=O) groups excluding carboxylic acids is 1. The number of nitrogens with one attached hydrogen (secondary N) is 1. The van der Waals surface area contributed by atoms with Crippen LogP contribution in [0.25, 0.3) is 0 Å². The molecule has 0 saturated carbocycles. The molecule has 0 atom stereocenters. The average Bonchev–Trinajstić information content (AvgIpc) is 3.19. The predicted molar refractivity (Wildman–Crippen MR) is 120 cm³/mol. The molecular formula is C22H33N7O. The third-order valence-corrected chi connectivity index (χ3v) is 6.23. The van der Waals surface area contributed by atoms with Crippen LogP contribution in [0.1, 0.15) is 12.7 Å². The zero-order chi connectivity index (χ0) is 20.9. The molecule has 4 rings (SSSR count). The molecular weight excluding hydrogens is 378 g/mol. The lowest BCUT2D eigenvalue weighted by Crippen LogP contribution is -2.49. The summed E-state index contributed by atoms with van der Waals surface area (Å²) < 4.78 is 2.05. The first-order valence-electron chi connectivity index (χ1n) is 10.9. The first-order valence-corrected chi connectivity index (χ1v) is 10.9. The van der Waals surface area contributed by atoms with E-state index in [9.17, 15) is 4.79 Å². The maximum atomic E-state index is 12.8. The van der Waals surface area contributed by atoms with E-state index in [1.54, 1.807) is 0 Å². The summed E-state index contributed by atoms with van der Waals surface area (Å²) in [7, 11) is 2.02. The van der Waals surface area contributed by atoms with Gasteiger partial charge in [0.05, 0.1) is 6.54 Å². The summed E-state index contributed by atoms with van der Waals surface area (Å²) in [5, 5.41) is 3.10. The number of anilines is 2. The summed E-state index contributed by atoms with van der Waals surface area (Å²) in [6.07, 6.45) is 3.80. The minimum Gasteiger partial charge on any atom is -0.369 e. The molecule has 0 aliphatic carbocycles. The Labute approximate surface area is 179 Å². The van der Waals surface area contributed by atoms with Crippen molar-refractivity contribution in [2.24, 2.45) is 7.05 Å². The number of imidazole rings is 1. The number of nitrogens with zero attached hydrogens (tertiary/aromatic N) is 6. The molecule has 8 heteroatoms. The summed E-state index contributed by atoms with van der Waals surface area (Å²) >= 11 is 0. The van der Waals surface area contributed by atoms with Crippen molar-refractivity contribution in [1.29, 1.82) is 0 Å². The number of likely N-dealkylation sites (N-methyl/N-ethyl adjacent to an activating group) is 1. The van der Waals surface area contributed by atoms with Crippen molar-refractivity contribution in [2.45, 2.75) is 13.5 Å². The zero-order valence-electron chi connectivity index (χ0n) is 18.1. The summed E-state index contributed by atoms with van der Waals surface area (Å²) in [4.78, 5) is 26.3. The number of aromatic nitrogens is 2. The van der Waals surface area contributed by atoms with Crippen LogP contribution in [-0.4, -0.2) is 89.2 Å². The fourth-order valence-electron chi connectivity index (χ4n) is 4.16. The second-order valence-corrected chi connectivity index (χ2v) is 8.12. The van der Waals surface area contributed by atoms with E-state index in [2.05, 4.69) is 44.1 Å². The minimum absolute atomic E-state index is 0.0143. The Kier molecular flexibility index (Phi) is 6.54. The third-order valence-electron chi connectivity index (χ3n) is 6.23. The highest BCUT2D eigenvalue weighted by Gasteiger charge is 2.22. The fraction of sp³-hybridized carbons (Fsp3) is 0.545. The molecule has 2 aliphatic heterocycles. The largest absolute Gasteiger partial charge is 0.369 e. The van der Waals surface area contributed by atoms with Gasteiger partial charge in [-0.15, -0.1) is 0 Å². The second-order valence-electron chi connectivity index (χ2n) is 8.12.